The second kappa shape index (κ2) is 61.6. The zero-order valence-electron chi connectivity index (χ0n) is 48.3. The van der Waals surface area contributed by atoms with Gasteiger partial charge < -0.3 is 14.2 Å². The summed E-state index contributed by atoms with van der Waals surface area (Å²) >= 11 is 0. The maximum atomic E-state index is 12.8. The zero-order valence-corrected chi connectivity index (χ0v) is 48.3. The highest BCUT2D eigenvalue weighted by Gasteiger charge is 2.19. The maximum absolute atomic E-state index is 12.8. The van der Waals surface area contributed by atoms with Crippen molar-refractivity contribution in [1.29, 1.82) is 0 Å². The van der Waals surface area contributed by atoms with E-state index in [4.69, 9.17) is 14.2 Å². The number of hydrogen-bond acceptors (Lipinski definition) is 6. The van der Waals surface area contributed by atoms with E-state index in [2.05, 4.69) is 130 Å². The first-order chi connectivity index (χ1) is 36.5. The van der Waals surface area contributed by atoms with Crippen LogP contribution in [0.2, 0.25) is 0 Å². The van der Waals surface area contributed by atoms with Crippen molar-refractivity contribution in [2.45, 2.75) is 290 Å². The fourth-order valence-electron chi connectivity index (χ4n) is 8.44. The highest BCUT2D eigenvalue weighted by molar-refractivity contribution is 5.71. The molecule has 0 aromatic carbocycles. The van der Waals surface area contributed by atoms with Gasteiger partial charge in [0.2, 0.25) is 0 Å². The van der Waals surface area contributed by atoms with E-state index >= 15 is 0 Å². The van der Waals surface area contributed by atoms with Crippen molar-refractivity contribution < 1.29 is 28.6 Å². The second-order valence-corrected chi connectivity index (χ2v) is 20.2. The Morgan fingerprint density at radius 2 is 0.527 bits per heavy atom. The lowest BCUT2D eigenvalue weighted by molar-refractivity contribution is -0.167. The average Bonchev–Trinajstić information content (AvgIpc) is 3.40. The molecule has 0 fully saturated rings. The molecule has 74 heavy (non-hydrogen) atoms. The summed E-state index contributed by atoms with van der Waals surface area (Å²) in [6, 6.07) is 0. The molecular weight excluding hydrogens is 913 g/mol. The Morgan fingerprint density at radius 1 is 0.284 bits per heavy atom. The number of esters is 3. The summed E-state index contributed by atoms with van der Waals surface area (Å²) in [5.41, 5.74) is 0. The van der Waals surface area contributed by atoms with Crippen LogP contribution >= 0.6 is 0 Å². The predicted molar refractivity (Wildman–Crippen MR) is 320 cm³/mol. The van der Waals surface area contributed by atoms with Gasteiger partial charge in [-0.05, 0) is 89.9 Å². The quantitative estimate of drug-likeness (QED) is 0.0261. The molecule has 0 rings (SSSR count). The van der Waals surface area contributed by atoms with Gasteiger partial charge in [-0.2, -0.15) is 0 Å². The first-order valence-electron chi connectivity index (χ1n) is 30.9. The molecule has 0 heterocycles. The van der Waals surface area contributed by atoms with Gasteiger partial charge in [0.15, 0.2) is 6.10 Å². The van der Waals surface area contributed by atoms with Gasteiger partial charge >= 0.3 is 17.9 Å². The normalized spacial score (nSPS) is 12.9. The van der Waals surface area contributed by atoms with Gasteiger partial charge in [-0.15, -0.1) is 0 Å². The van der Waals surface area contributed by atoms with E-state index in [-0.39, 0.29) is 31.1 Å². The molecule has 0 spiro atoms. The van der Waals surface area contributed by atoms with Gasteiger partial charge in [-0.1, -0.05) is 284 Å². The summed E-state index contributed by atoms with van der Waals surface area (Å²) in [6.45, 7) is 6.48. The third kappa shape index (κ3) is 59.0. The molecule has 6 heteroatoms. The highest BCUT2D eigenvalue weighted by Crippen LogP contribution is 2.16. The number of ether oxygens (including phenoxy) is 3. The van der Waals surface area contributed by atoms with Crippen molar-refractivity contribution in [3.8, 4) is 0 Å². The Hall–Kier alpha value is -3.93. The van der Waals surface area contributed by atoms with Gasteiger partial charge in [0.25, 0.3) is 0 Å². The van der Waals surface area contributed by atoms with Crippen LogP contribution in [-0.4, -0.2) is 37.2 Å². The summed E-state index contributed by atoms with van der Waals surface area (Å²) in [4.78, 5) is 38.0. The van der Waals surface area contributed by atoms with E-state index in [1.165, 1.54) is 122 Å². The third-order valence-corrected chi connectivity index (χ3v) is 13.0. The van der Waals surface area contributed by atoms with Gasteiger partial charge in [0.1, 0.15) is 13.2 Å². The van der Waals surface area contributed by atoms with Crippen molar-refractivity contribution in [2.75, 3.05) is 13.2 Å². The molecule has 1 unspecified atom stereocenters. The molecule has 0 aromatic rings. The third-order valence-electron chi connectivity index (χ3n) is 13.0. The van der Waals surface area contributed by atoms with E-state index in [9.17, 15) is 14.4 Å². The van der Waals surface area contributed by atoms with Crippen molar-refractivity contribution in [1.82, 2.24) is 0 Å². The minimum Gasteiger partial charge on any atom is -0.462 e. The summed E-state index contributed by atoms with van der Waals surface area (Å²) in [5.74, 6) is -0.919. The molecule has 0 saturated heterocycles. The van der Waals surface area contributed by atoms with E-state index in [1.807, 2.05) is 0 Å². The molecule has 0 aliphatic heterocycles. The number of carbonyl (C=O) groups excluding carboxylic acids is 3. The summed E-state index contributed by atoms with van der Waals surface area (Å²) in [7, 11) is 0. The minimum absolute atomic E-state index is 0.0861. The molecule has 0 radical (unpaired) electrons. The molecule has 0 aromatic heterocycles. The van der Waals surface area contributed by atoms with Gasteiger partial charge in [-0.25, -0.2) is 0 Å². The number of hydrogen-bond donors (Lipinski definition) is 0. The monoisotopic (exact) mass is 1030 g/mol. The first kappa shape index (κ1) is 70.1. The summed E-state index contributed by atoms with van der Waals surface area (Å²) in [6.07, 6.45) is 83.9. The maximum Gasteiger partial charge on any atom is 0.306 e. The molecule has 0 saturated carbocycles. The van der Waals surface area contributed by atoms with Gasteiger partial charge in [0.05, 0.1) is 0 Å². The number of rotatable bonds is 55. The summed E-state index contributed by atoms with van der Waals surface area (Å²) in [5, 5.41) is 0. The lowest BCUT2D eigenvalue weighted by atomic mass is 10.0. The lowest BCUT2D eigenvalue weighted by Crippen LogP contribution is -2.30. The predicted octanol–water partition coefficient (Wildman–Crippen LogP) is 21.0. The Bertz CT molecular complexity index is 1510. The van der Waals surface area contributed by atoms with Crippen molar-refractivity contribution in [3.63, 3.8) is 0 Å². The zero-order chi connectivity index (χ0) is 53.6. The second-order valence-electron chi connectivity index (χ2n) is 20.2. The fraction of sp³-hybridized carbons (Fsp3) is 0.691. The SMILES string of the molecule is CC/C=C\C/C=C\C/C=C\C/C=C\C/C=C\C/C=C\C/C=C\C/C=C\C/C=C\CCCCCC(=O)OCC(COC(=O)CCCCCCCCCC)OC(=O)CCCCCCCCCCCCCCCCCCC. The van der Waals surface area contributed by atoms with Crippen LogP contribution in [0.4, 0.5) is 0 Å². The Balaban J connectivity index is 4.26. The van der Waals surface area contributed by atoms with E-state index in [0.717, 1.165) is 122 Å². The van der Waals surface area contributed by atoms with Crippen LogP contribution in [-0.2, 0) is 28.6 Å². The Morgan fingerprint density at radius 3 is 0.824 bits per heavy atom. The molecular formula is C68H114O6. The van der Waals surface area contributed by atoms with Crippen LogP contribution in [0, 0.1) is 0 Å². The fourth-order valence-corrected chi connectivity index (χ4v) is 8.44. The topological polar surface area (TPSA) is 78.9 Å². The van der Waals surface area contributed by atoms with E-state index < -0.39 is 6.10 Å². The highest BCUT2D eigenvalue weighted by atomic mass is 16.6. The van der Waals surface area contributed by atoms with Crippen LogP contribution in [0.5, 0.6) is 0 Å². The molecule has 0 amide bonds. The van der Waals surface area contributed by atoms with E-state index in [0.29, 0.717) is 19.3 Å². The van der Waals surface area contributed by atoms with Gasteiger partial charge in [-0.3, -0.25) is 14.4 Å². The number of unbranched alkanes of at least 4 members (excludes halogenated alkanes) is 26. The molecule has 422 valence electrons. The largest absolute Gasteiger partial charge is 0.462 e. The molecule has 0 N–H and O–H groups in total. The van der Waals surface area contributed by atoms with Crippen molar-refractivity contribution in [3.05, 3.63) is 109 Å². The van der Waals surface area contributed by atoms with Crippen LogP contribution < -0.4 is 0 Å². The molecule has 1 atom stereocenters. The summed E-state index contributed by atoms with van der Waals surface area (Å²) < 4.78 is 16.8. The molecule has 0 aliphatic rings. The smallest absolute Gasteiger partial charge is 0.306 e. The van der Waals surface area contributed by atoms with Crippen LogP contribution in [0.15, 0.2) is 109 Å². The van der Waals surface area contributed by atoms with Crippen molar-refractivity contribution >= 4 is 17.9 Å². The first-order valence-corrected chi connectivity index (χ1v) is 30.9. The van der Waals surface area contributed by atoms with Crippen LogP contribution in [0.1, 0.15) is 284 Å². The molecule has 0 aliphatic carbocycles. The Labute approximate surface area is 457 Å². The lowest BCUT2D eigenvalue weighted by Gasteiger charge is -2.18. The minimum atomic E-state index is -0.789. The number of allylic oxidation sites excluding steroid dienone is 18. The average molecular weight is 1030 g/mol. The van der Waals surface area contributed by atoms with Crippen LogP contribution in [0.3, 0.4) is 0 Å². The molecule has 6 nitrogen and oxygen atoms in total. The van der Waals surface area contributed by atoms with Crippen LogP contribution in [0.25, 0.3) is 0 Å². The number of carbonyl (C=O) groups is 3. The van der Waals surface area contributed by atoms with Gasteiger partial charge in [0, 0.05) is 19.3 Å². The van der Waals surface area contributed by atoms with Crippen molar-refractivity contribution in [2.24, 2.45) is 0 Å². The molecule has 0 bridgehead atoms. The van der Waals surface area contributed by atoms with E-state index in [1.54, 1.807) is 0 Å². The standard InChI is InChI=1S/C68H114O6/c1-4-7-10-13-16-19-21-23-25-27-28-29-30-31-32-33-34-35-36-37-38-39-40-42-43-45-47-49-52-55-58-61-67(70)73-64-65(63-72-66(69)60-57-54-51-18-15-12-9-6-3)74-68(71)62-59-56-53-50-48-46-44-41-26-24-22-20-17-14-11-8-5-2/h7,10,16,19,23,25,28-29,31-32,34-35,37-38,40,42,45,47,65H,4-6,8-9,11-15,17-18,20-22,24,26-27,30,33,36,39,41,43-44,46,48-64H2,1-3H3/b10-7-,19-16-,25-23-,29-28-,32-31-,35-34-,38-37-,42-40-,47-45-. The Kier molecular flexibility index (Phi) is 58.3.